The van der Waals surface area contributed by atoms with Crippen LogP contribution in [0.25, 0.3) is 0 Å². The third-order valence-corrected chi connectivity index (χ3v) is 2.55. The topological polar surface area (TPSA) is 143 Å². The first kappa shape index (κ1) is 21.6. The molecule has 0 aliphatic heterocycles. The Hall–Kier alpha value is -2.36. The molecule has 0 aromatic rings. The van der Waals surface area contributed by atoms with Gasteiger partial charge in [-0.2, -0.15) is 0 Å². The van der Waals surface area contributed by atoms with Crippen molar-refractivity contribution >= 4 is 23.9 Å². The molecule has 10 nitrogen and oxygen atoms in total. The number of carbonyl (C=O) groups excluding carboxylic acids is 4. The van der Waals surface area contributed by atoms with Crippen molar-refractivity contribution in [3.8, 4) is 0 Å². The Morgan fingerprint density at radius 3 is 2.17 bits per heavy atom. The van der Waals surface area contributed by atoms with Gasteiger partial charge in [0.25, 0.3) is 0 Å². The first-order valence-corrected chi connectivity index (χ1v) is 7.25. The molecule has 0 unspecified atom stereocenters. The molecule has 0 radical (unpaired) electrons. The van der Waals surface area contributed by atoms with Crippen LogP contribution in [0.2, 0.25) is 0 Å². The fourth-order valence-corrected chi connectivity index (χ4v) is 1.44. The average molecular weight is 347 g/mol. The van der Waals surface area contributed by atoms with Gasteiger partial charge in [-0.05, 0) is 27.7 Å². The molecule has 4 N–H and O–H groups in total. The largest absolute Gasteiger partial charge is 0.467 e. The van der Waals surface area contributed by atoms with Crippen LogP contribution in [0.5, 0.6) is 0 Å². The Labute approximate surface area is 140 Å². The molecule has 2 atom stereocenters. The van der Waals surface area contributed by atoms with Crippen LogP contribution in [0.1, 0.15) is 27.7 Å². The number of alkyl carbamates (subject to hydrolysis) is 1. The summed E-state index contributed by atoms with van der Waals surface area (Å²) < 4.78 is 9.37. The molecule has 24 heavy (non-hydrogen) atoms. The molecule has 0 saturated carbocycles. The number of aliphatic hydroxyl groups is 1. The first-order chi connectivity index (χ1) is 11.0. The summed E-state index contributed by atoms with van der Waals surface area (Å²) in [4.78, 5) is 46.2. The molecule has 0 fully saturated rings. The zero-order chi connectivity index (χ0) is 18.9. The van der Waals surface area contributed by atoms with Crippen molar-refractivity contribution in [2.24, 2.45) is 0 Å². The van der Waals surface area contributed by atoms with Gasteiger partial charge in [0.2, 0.25) is 11.8 Å². The van der Waals surface area contributed by atoms with E-state index in [1.54, 1.807) is 20.8 Å². The lowest BCUT2D eigenvalue weighted by Crippen LogP contribution is -2.53. The van der Waals surface area contributed by atoms with Gasteiger partial charge in [-0.1, -0.05) is 0 Å². The van der Waals surface area contributed by atoms with Gasteiger partial charge < -0.3 is 30.5 Å². The summed E-state index contributed by atoms with van der Waals surface area (Å²) in [7, 11) is 1.12. The second kappa shape index (κ2) is 9.71. The minimum absolute atomic E-state index is 0.382. The van der Waals surface area contributed by atoms with E-state index in [2.05, 4.69) is 20.7 Å². The normalized spacial score (nSPS) is 13.2. The van der Waals surface area contributed by atoms with Crippen LogP contribution in [-0.2, 0) is 23.9 Å². The Balaban J connectivity index is 4.32. The second-order valence-corrected chi connectivity index (χ2v) is 5.91. The summed E-state index contributed by atoms with van der Waals surface area (Å²) in [5.74, 6) is -2.12. The fraction of sp³-hybridized carbons (Fsp3) is 0.714. The van der Waals surface area contributed by atoms with E-state index in [0.717, 1.165) is 7.11 Å². The molecular formula is C14H25N3O7. The average Bonchev–Trinajstić information content (AvgIpc) is 2.47. The van der Waals surface area contributed by atoms with E-state index >= 15 is 0 Å². The lowest BCUT2D eigenvalue weighted by molar-refractivity contribution is -0.146. The predicted octanol–water partition coefficient (Wildman–Crippen LogP) is -1.33. The minimum Gasteiger partial charge on any atom is -0.467 e. The van der Waals surface area contributed by atoms with Crippen molar-refractivity contribution in [3.05, 3.63) is 0 Å². The third-order valence-electron chi connectivity index (χ3n) is 2.55. The molecule has 0 aromatic heterocycles. The van der Waals surface area contributed by atoms with Gasteiger partial charge >= 0.3 is 12.1 Å². The molecule has 0 aliphatic carbocycles. The Morgan fingerprint density at radius 1 is 1.12 bits per heavy atom. The summed E-state index contributed by atoms with van der Waals surface area (Å²) in [5.41, 5.74) is -0.694. The van der Waals surface area contributed by atoms with Gasteiger partial charge in [0, 0.05) is 0 Å². The summed E-state index contributed by atoms with van der Waals surface area (Å²) in [6, 6.07) is -2.21. The highest BCUT2D eigenvalue weighted by Crippen LogP contribution is 2.06. The van der Waals surface area contributed by atoms with E-state index in [-0.39, 0.29) is 6.54 Å². The molecule has 3 amide bonds. The summed E-state index contributed by atoms with van der Waals surface area (Å²) in [5, 5.41) is 15.8. The second-order valence-electron chi connectivity index (χ2n) is 5.91. The number of nitrogens with one attached hydrogen (secondary N) is 3. The number of methoxy groups -OCH3 is 1. The number of aliphatic hydroxyl groups excluding tert-OH is 1. The fourth-order valence-electron chi connectivity index (χ4n) is 1.44. The number of esters is 1. The molecule has 0 bridgehead atoms. The van der Waals surface area contributed by atoms with E-state index < -0.39 is 48.2 Å². The van der Waals surface area contributed by atoms with Crippen molar-refractivity contribution in [1.29, 1.82) is 0 Å². The molecule has 138 valence electrons. The SMILES string of the molecule is COC(=O)[C@H](CO)NC(=O)[C@H](C)NC(=O)CNC(=O)OC(C)(C)C. The van der Waals surface area contributed by atoms with Crippen LogP contribution >= 0.6 is 0 Å². The highest BCUT2D eigenvalue weighted by atomic mass is 16.6. The zero-order valence-electron chi connectivity index (χ0n) is 14.5. The maximum Gasteiger partial charge on any atom is 0.408 e. The predicted molar refractivity (Wildman–Crippen MR) is 82.9 cm³/mol. The Kier molecular flexibility index (Phi) is 8.75. The minimum atomic E-state index is -1.22. The van der Waals surface area contributed by atoms with Crippen molar-refractivity contribution in [1.82, 2.24) is 16.0 Å². The summed E-state index contributed by atoms with van der Waals surface area (Å²) in [6.07, 6.45) is -0.763. The van der Waals surface area contributed by atoms with E-state index in [1.807, 2.05) is 0 Å². The molecule has 0 rings (SSSR count). The number of rotatable bonds is 7. The Morgan fingerprint density at radius 2 is 1.71 bits per heavy atom. The number of hydrogen-bond donors (Lipinski definition) is 4. The van der Waals surface area contributed by atoms with Crippen molar-refractivity contribution < 1.29 is 33.8 Å². The van der Waals surface area contributed by atoms with Gasteiger partial charge in [-0.3, -0.25) is 9.59 Å². The van der Waals surface area contributed by atoms with E-state index in [0.29, 0.717) is 0 Å². The molecule has 0 aliphatic rings. The summed E-state index contributed by atoms with van der Waals surface area (Å²) in [6.45, 7) is 5.40. The van der Waals surface area contributed by atoms with E-state index in [4.69, 9.17) is 9.84 Å². The Bertz CT molecular complexity index is 473. The van der Waals surface area contributed by atoms with Crippen LogP contribution in [-0.4, -0.2) is 66.9 Å². The van der Waals surface area contributed by atoms with Crippen LogP contribution in [0.4, 0.5) is 4.79 Å². The van der Waals surface area contributed by atoms with Crippen LogP contribution in [0.15, 0.2) is 0 Å². The standard InChI is InChI=1S/C14H25N3O7/c1-8(11(20)17-9(7-18)12(21)23-5)16-10(19)6-15-13(22)24-14(2,3)4/h8-9,18H,6-7H2,1-5H3,(H,15,22)(H,16,19)(H,17,20)/t8-,9-/m0/s1. The van der Waals surface area contributed by atoms with Gasteiger partial charge in [-0.15, -0.1) is 0 Å². The van der Waals surface area contributed by atoms with Gasteiger partial charge in [0.1, 0.15) is 18.2 Å². The number of ether oxygens (including phenoxy) is 2. The van der Waals surface area contributed by atoms with Gasteiger partial charge in [0.05, 0.1) is 13.7 Å². The molecule has 0 spiro atoms. The molecule has 0 saturated heterocycles. The number of carbonyl (C=O) groups is 4. The number of hydrogen-bond acceptors (Lipinski definition) is 7. The van der Waals surface area contributed by atoms with Gasteiger partial charge in [0.15, 0.2) is 6.04 Å². The third kappa shape index (κ3) is 8.93. The van der Waals surface area contributed by atoms with Crippen molar-refractivity contribution in [2.45, 2.75) is 45.4 Å². The lowest BCUT2D eigenvalue weighted by Gasteiger charge is -2.20. The zero-order valence-corrected chi connectivity index (χ0v) is 14.5. The van der Waals surface area contributed by atoms with Crippen LogP contribution in [0, 0.1) is 0 Å². The van der Waals surface area contributed by atoms with Crippen LogP contribution < -0.4 is 16.0 Å². The van der Waals surface area contributed by atoms with E-state index in [1.165, 1.54) is 6.92 Å². The highest BCUT2D eigenvalue weighted by molar-refractivity contribution is 5.91. The quantitative estimate of drug-likeness (QED) is 0.418. The molecule has 10 heteroatoms. The smallest absolute Gasteiger partial charge is 0.408 e. The maximum atomic E-state index is 11.8. The van der Waals surface area contributed by atoms with E-state index in [9.17, 15) is 19.2 Å². The highest BCUT2D eigenvalue weighted by Gasteiger charge is 2.24. The summed E-state index contributed by atoms with van der Waals surface area (Å²) >= 11 is 0. The van der Waals surface area contributed by atoms with Crippen LogP contribution in [0.3, 0.4) is 0 Å². The number of amides is 3. The molecule has 0 aromatic carbocycles. The monoisotopic (exact) mass is 347 g/mol. The van der Waals surface area contributed by atoms with Crippen molar-refractivity contribution in [3.63, 3.8) is 0 Å². The van der Waals surface area contributed by atoms with Gasteiger partial charge in [-0.25, -0.2) is 9.59 Å². The molecular weight excluding hydrogens is 322 g/mol. The first-order valence-electron chi connectivity index (χ1n) is 7.25. The maximum absolute atomic E-state index is 11.8. The van der Waals surface area contributed by atoms with Crippen molar-refractivity contribution in [2.75, 3.05) is 20.3 Å². The molecule has 0 heterocycles. The lowest BCUT2D eigenvalue weighted by atomic mass is 10.2.